The topological polar surface area (TPSA) is 49.8 Å². The molecule has 19 heavy (non-hydrogen) atoms. The van der Waals surface area contributed by atoms with Crippen LogP contribution in [0.15, 0.2) is 18.2 Å². The smallest absolute Gasteiger partial charge is 0.305 e. The van der Waals surface area contributed by atoms with Crippen LogP contribution in [0.2, 0.25) is 0 Å². The van der Waals surface area contributed by atoms with Crippen molar-refractivity contribution in [2.24, 2.45) is 0 Å². The van der Waals surface area contributed by atoms with Crippen LogP contribution in [0.1, 0.15) is 32.8 Å². The Morgan fingerprint density at radius 3 is 2.47 bits per heavy atom. The summed E-state index contributed by atoms with van der Waals surface area (Å²) in [5.41, 5.74) is 2.11. The molecule has 0 aliphatic carbocycles. The van der Waals surface area contributed by atoms with Gasteiger partial charge in [-0.3, -0.25) is 4.79 Å². The second-order valence-corrected chi connectivity index (χ2v) is 5.70. The Morgan fingerprint density at radius 1 is 1.37 bits per heavy atom. The Labute approximate surface area is 115 Å². The molecular formula is C15H23NO3. The molecule has 0 radical (unpaired) electrons. The predicted molar refractivity (Wildman–Crippen MR) is 77.2 cm³/mol. The van der Waals surface area contributed by atoms with Gasteiger partial charge in [-0.15, -0.1) is 0 Å². The number of anilines is 1. The van der Waals surface area contributed by atoms with Gasteiger partial charge in [-0.05, 0) is 23.6 Å². The first-order valence-corrected chi connectivity index (χ1v) is 6.37. The third-order valence-corrected chi connectivity index (χ3v) is 3.09. The lowest BCUT2D eigenvalue weighted by Crippen LogP contribution is -2.22. The fourth-order valence-corrected chi connectivity index (χ4v) is 1.91. The highest BCUT2D eigenvalue weighted by Crippen LogP contribution is 2.34. The summed E-state index contributed by atoms with van der Waals surface area (Å²) in [6.45, 7) is 6.88. The number of rotatable bonds is 5. The highest BCUT2D eigenvalue weighted by atomic mass is 16.5. The second-order valence-electron chi connectivity index (χ2n) is 5.70. The van der Waals surface area contributed by atoms with Crippen molar-refractivity contribution in [1.29, 1.82) is 0 Å². The monoisotopic (exact) mass is 265 g/mol. The highest BCUT2D eigenvalue weighted by molar-refractivity contribution is 5.67. The van der Waals surface area contributed by atoms with Gasteiger partial charge < -0.3 is 14.7 Å². The number of nitrogens with zero attached hydrogens (tertiary/aromatic N) is 1. The molecule has 4 heteroatoms. The van der Waals surface area contributed by atoms with Gasteiger partial charge in [-0.25, -0.2) is 0 Å². The van der Waals surface area contributed by atoms with E-state index in [4.69, 9.17) is 9.84 Å². The van der Waals surface area contributed by atoms with Crippen molar-refractivity contribution >= 4 is 11.7 Å². The molecule has 1 aromatic carbocycles. The SMILES string of the molecule is COc1ccc(N(C)CCC(=O)O)cc1C(C)(C)C. The standard InChI is InChI=1S/C15H23NO3/c1-15(2,3)12-10-11(6-7-13(12)19-5)16(4)9-8-14(17)18/h6-7,10H,8-9H2,1-5H3,(H,17,18). The second kappa shape index (κ2) is 5.95. The van der Waals surface area contributed by atoms with Crippen LogP contribution < -0.4 is 9.64 Å². The molecule has 0 saturated heterocycles. The Kier molecular flexibility index (Phi) is 4.81. The largest absolute Gasteiger partial charge is 0.496 e. The summed E-state index contributed by atoms with van der Waals surface area (Å²) in [6, 6.07) is 5.96. The number of carboxylic acids is 1. The van der Waals surface area contributed by atoms with Crippen molar-refractivity contribution in [1.82, 2.24) is 0 Å². The number of carboxylic acid groups (broad SMARTS) is 1. The maximum absolute atomic E-state index is 10.6. The Bertz CT molecular complexity index is 449. The van der Waals surface area contributed by atoms with Crippen molar-refractivity contribution in [2.45, 2.75) is 32.6 Å². The van der Waals surface area contributed by atoms with E-state index < -0.39 is 5.97 Å². The van der Waals surface area contributed by atoms with Crippen LogP contribution in [-0.4, -0.2) is 31.8 Å². The fourth-order valence-electron chi connectivity index (χ4n) is 1.91. The van der Waals surface area contributed by atoms with Gasteiger partial charge >= 0.3 is 5.97 Å². The van der Waals surface area contributed by atoms with E-state index in [0.29, 0.717) is 6.54 Å². The van der Waals surface area contributed by atoms with Crippen LogP contribution in [0.3, 0.4) is 0 Å². The molecule has 0 amide bonds. The van der Waals surface area contributed by atoms with Crippen molar-refractivity contribution in [3.8, 4) is 5.75 Å². The van der Waals surface area contributed by atoms with E-state index in [1.807, 2.05) is 24.1 Å². The van der Waals surface area contributed by atoms with Gasteiger partial charge in [0.2, 0.25) is 0 Å². The van der Waals surface area contributed by atoms with Crippen LogP contribution >= 0.6 is 0 Å². The van der Waals surface area contributed by atoms with Gasteiger partial charge in [-0.2, -0.15) is 0 Å². The Hall–Kier alpha value is -1.71. The molecule has 0 aliphatic heterocycles. The molecule has 0 fully saturated rings. The average molecular weight is 265 g/mol. The van der Waals surface area contributed by atoms with E-state index in [9.17, 15) is 4.79 Å². The van der Waals surface area contributed by atoms with Gasteiger partial charge in [0.15, 0.2) is 0 Å². The first-order valence-electron chi connectivity index (χ1n) is 6.37. The van der Waals surface area contributed by atoms with Crippen LogP contribution in [0.25, 0.3) is 0 Å². The zero-order valence-electron chi connectivity index (χ0n) is 12.4. The minimum Gasteiger partial charge on any atom is -0.496 e. The average Bonchev–Trinajstić information content (AvgIpc) is 2.34. The third kappa shape index (κ3) is 4.16. The molecule has 1 N–H and O–H groups in total. The van der Waals surface area contributed by atoms with E-state index in [-0.39, 0.29) is 11.8 Å². The normalized spacial score (nSPS) is 11.2. The summed E-state index contributed by atoms with van der Waals surface area (Å²) in [4.78, 5) is 12.6. The van der Waals surface area contributed by atoms with Crippen molar-refractivity contribution in [3.63, 3.8) is 0 Å². The molecule has 0 saturated carbocycles. The fraction of sp³-hybridized carbons (Fsp3) is 0.533. The molecule has 0 aromatic heterocycles. The molecule has 0 atom stereocenters. The van der Waals surface area contributed by atoms with Crippen molar-refractivity contribution in [2.75, 3.05) is 25.6 Å². The lowest BCUT2D eigenvalue weighted by atomic mass is 9.86. The van der Waals surface area contributed by atoms with Gasteiger partial charge in [-0.1, -0.05) is 20.8 Å². The number of hydrogen-bond donors (Lipinski definition) is 1. The summed E-state index contributed by atoms with van der Waals surface area (Å²) in [7, 11) is 3.57. The van der Waals surface area contributed by atoms with Crippen LogP contribution in [0, 0.1) is 0 Å². The number of hydrogen-bond acceptors (Lipinski definition) is 3. The predicted octanol–water partition coefficient (Wildman–Crippen LogP) is 2.90. The maximum Gasteiger partial charge on any atom is 0.305 e. The van der Waals surface area contributed by atoms with E-state index in [0.717, 1.165) is 17.0 Å². The van der Waals surface area contributed by atoms with Crippen molar-refractivity contribution < 1.29 is 14.6 Å². The van der Waals surface area contributed by atoms with Gasteiger partial charge in [0, 0.05) is 24.8 Å². The van der Waals surface area contributed by atoms with E-state index in [1.54, 1.807) is 7.11 Å². The third-order valence-electron chi connectivity index (χ3n) is 3.09. The lowest BCUT2D eigenvalue weighted by molar-refractivity contribution is -0.136. The molecule has 0 bridgehead atoms. The molecular weight excluding hydrogens is 242 g/mol. The number of carbonyl (C=O) groups is 1. The molecule has 0 unspecified atom stereocenters. The zero-order chi connectivity index (χ0) is 14.6. The molecule has 4 nitrogen and oxygen atoms in total. The molecule has 0 spiro atoms. The number of ether oxygens (including phenoxy) is 1. The van der Waals surface area contributed by atoms with Crippen molar-refractivity contribution in [3.05, 3.63) is 23.8 Å². The summed E-state index contributed by atoms with van der Waals surface area (Å²) in [6.07, 6.45) is 0.132. The lowest BCUT2D eigenvalue weighted by Gasteiger charge is -2.26. The summed E-state index contributed by atoms with van der Waals surface area (Å²) in [5.74, 6) is 0.0827. The first-order chi connectivity index (χ1) is 8.75. The maximum atomic E-state index is 10.6. The summed E-state index contributed by atoms with van der Waals surface area (Å²) < 4.78 is 5.39. The first kappa shape index (κ1) is 15.3. The zero-order valence-corrected chi connectivity index (χ0v) is 12.4. The number of methoxy groups -OCH3 is 1. The quantitative estimate of drug-likeness (QED) is 0.889. The molecule has 1 rings (SSSR count). The molecule has 0 aliphatic rings. The minimum atomic E-state index is -0.781. The van der Waals surface area contributed by atoms with Crippen LogP contribution in [0.5, 0.6) is 5.75 Å². The molecule has 106 valence electrons. The molecule has 1 aromatic rings. The Balaban J connectivity index is 3.01. The Morgan fingerprint density at radius 2 is 2.00 bits per heavy atom. The summed E-state index contributed by atoms with van der Waals surface area (Å²) >= 11 is 0. The van der Waals surface area contributed by atoms with E-state index >= 15 is 0 Å². The van der Waals surface area contributed by atoms with Gasteiger partial charge in [0.1, 0.15) is 5.75 Å². The number of benzene rings is 1. The van der Waals surface area contributed by atoms with Crippen LogP contribution in [0.4, 0.5) is 5.69 Å². The van der Waals surface area contributed by atoms with Gasteiger partial charge in [0.05, 0.1) is 13.5 Å². The molecule has 0 heterocycles. The van der Waals surface area contributed by atoms with Gasteiger partial charge in [0.25, 0.3) is 0 Å². The van der Waals surface area contributed by atoms with E-state index in [1.165, 1.54) is 0 Å². The minimum absolute atomic E-state index is 0.0189. The van der Waals surface area contributed by atoms with E-state index in [2.05, 4.69) is 26.8 Å². The highest BCUT2D eigenvalue weighted by Gasteiger charge is 2.20. The number of aliphatic carboxylic acids is 1. The van der Waals surface area contributed by atoms with Crippen LogP contribution in [-0.2, 0) is 10.2 Å². The summed E-state index contributed by atoms with van der Waals surface area (Å²) in [5, 5.41) is 8.73.